The van der Waals surface area contributed by atoms with Crippen molar-refractivity contribution in [1.82, 2.24) is 10.2 Å². The Morgan fingerprint density at radius 2 is 1.95 bits per heavy atom. The molecule has 19 heavy (non-hydrogen) atoms. The Labute approximate surface area is 115 Å². The lowest BCUT2D eigenvalue weighted by molar-refractivity contribution is -0.385. The molecule has 1 heterocycles. The maximum Gasteiger partial charge on any atom is 0.272 e. The summed E-state index contributed by atoms with van der Waals surface area (Å²) in [6.07, 6.45) is 0. The predicted octanol–water partition coefficient (Wildman–Crippen LogP) is 3.62. The highest BCUT2D eigenvalue weighted by Crippen LogP contribution is 2.31. The van der Waals surface area contributed by atoms with Crippen LogP contribution in [0.1, 0.15) is 0 Å². The molecule has 1 aromatic heterocycles. The third kappa shape index (κ3) is 3.07. The largest absolute Gasteiger partial charge is 0.451 e. The number of ether oxygens (including phenoxy) is 1. The van der Waals surface area contributed by atoms with Crippen molar-refractivity contribution in [1.29, 1.82) is 0 Å². The van der Waals surface area contributed by atoms with Gasteiger partial charge in [-0.2, -0.15) is 0 Å². The highest BCUT2D eigenvalue weighted by molar-refractivity contribution is 6.32. The number of nitrogens with zero attached hydrogens (tertiary/aromatic N) is 3. The van der Waals surface area contributed by atoms with Gasteiger partial charge >= 0.3 is 0 Å². The fourth-order valence-electron chi connectivity index (χ4n) is 1.21. The van der Waals surface area contributed by atoms with Crippen LogP contribution in [-0.4, -0.2) is 15.1 Å². The number of benzene rings is 1. The number of non-ortho nitro benzene ring substituents is 1. The lowest BCUT2D eigenvalue weighted by atomic mass is 10.3. The van der Waals surface area contributed by atoms with Gasteiger partial charge in [-0.1, -0.05) is 23.2 Å². The number of nitro benzene ring substituents is 1. The van der Waals surface area contributed by atoms with Gasteiger partial charge in [0.25, 0.3) is 5.69 Å². The first-order valence-corrected chi connectivity index (χ1v) is 5.53. The molecule has 6 nitrogen and oxygen atoms in total. The second-order valence-corrected chi connectivity index (χ2v) is 4.04. The van der Waals surface area contributed by atoms with Crippen molar-refractivity contribution in [2.45, 2.75) is 0 Å². The van der Waals surface area contributed by atoms with Crippen LogP contribution >= 0.6 is 23.2 Å². The van der Waals surface area contributed by atoms with Gasteiger partial charge in [-0.05, 0) is 6.07 Å². The van der Waals surface area contributed by atoms with E-state index in [1.807, 2.05) is 0 Å². The van der Waals surface area contributed by atoms with E-state index in [2.05, 4.69) is 10.2 Å². The molecular formula is C10H4Cl2FN3O3. The smallest absolute Gasteiger partial charge is 0.272 e. The Hall–Kier alpha value is -1.99. The Kier molecular flexibility index (Phi) is 3.77. The van der Waals surface area contributed by atoms with Crippen LogP contribution in [0.15, 0.2) is 24.3 Å². The van der Waals surface area contributed by atoms with Crippen molar-refractivity contribution < 1.29 is 14.1 Å². The molecule has 9 heteroatoms. The molecule has 0 radical (unpaired) electrons. The number of rotatable bonds is 3. The molecule has 0 fully saturated rings. The number of hydrogen-bond donors (Lipinski definition) is 0. The molecule has 0 aliphatic heterocycles. The molecule has 0 unspecified atom stereocenters. The fourth-order valence-corrected chi connectivity index (χ4v) is 1.48. The maximum atomic E-state index is 13.6. The van der Waals surface area contributed by atoms with Gasteiger partial charge in [0.05, 0.1) is 11.0 Å². The standard InChI is InChI=1S/C10H4Cl2FN3O3/c11-9-4-8(10(12)15-14-9)19-7-2-1-5(16(17)18)3-6(7)13/h1-4H. The molecule has 0 spiro atoms. The fraction of sp³-hybridized carbons (Fsp3) is 0. The van der Waals surface area contributed by atoms with Crippen molar-refractivity contribution in [3.63, 3.8) is 0 Å². The molecule has 0 saturated heterocycles. The summed E-state index contributed by atoms with van der Waals surface area (Å²) in [6, 6.07) is 4.19. The molecule has 0 aliphatic carbocycles. The molecule has 0 bridgehead atoms. The first-order chi connectivity index (χ1) is 8.97. The molecule has 0 aliphatic rings. The van der Waals surface area contributed by atoms with Gasteiger partial charge < -0.3 is 4.74 Å². The average Bonchev–Trinajstić information content (AvgIpc) is 2.36. The second kappa shape index (κ2) is 5.33. The highest BCUT2D eigenvalue weighted by Gasteiger charge is 2.14. The van der Waals surface area contributed by atoms with E-state index in [9.17, 15) is 14.5 Å². The van der Waals surface area contributed by atoms with E-state index < -0.39 is 10.7 Å². The lowest BCUT2D eigenvalue weighted by Gasteiger charge is -2.07. The molecule has 1 aromatic carbocycles. The van der Waals surface area contributed by atoms with Crippen molar-refractivity contribution in [2.24, 2.45) is 0 Å². The van der Waals surface area contributed by atoms with Crippen molar-refractivity contribution >= 4 is 28.9 Å². The molecule has 0 saturated carbocycles. The van der Waals surface area contributed by atoms with Crippen LogP contribution in [0.2, 0.25) is 10.3 Å². The summed E-state index contributed by atoms with van der Waals surface area (Å²) in [5.41, 5.74) is -0.387. The zero-order valence-electron chi connectivity index (χ0n) is 9.01. The first-order valence-electron chi connectivity index (χ1n) is 4.78. The van der Waals surface area contributed by atoms with Gasteiger partial charge in [0.15, 0.2) is 27.6 Å². The summed E-state index contributed by atoms with van der Waals surface area (Å²) in [4.78, 5) is 9.75. The maximum absolute atomic E-state index is 13.6. The Balaban J connectivity index is 2.33. The Bertz CT molecular complexity index is 654. The SMILES string of the molecule is O=[N+]([O-])c1ccc(Oc2cc(Cl)nnc2Cl)c(F)c1. The van der Waals surface area contributed by atoms with Crippen LogP contribution in [-0.2, 0) is 0 Å². The molecule has 0 amide bonds. The van der Waals surface area contributed by atoms with Crippen molar-refractivity contribution in [3.8, 4) is 11.5 Å². The van der Waals surface area contributed by atoms with E-state index >= 15 is 0 Å². The van der Waals surface area contributed by atoms with E-state index in [4.69, 9.17) is 27.9 Å². The van der Waals surface area contributed by atoms with Gasteiger partial charge in [0.1, 0.15) is 0 Å². The molecule has 0 N–H and O–H groups in total. The highest BCUT2D eigenvalue weighted by atomic mass is 35.5. The van der Waals surface area contributed by atoms with Gasteiger partial charge in [-0.15, -0.1) is 10.2 Å². The minimum atomic E-state index is -0.904. The summed E-state index contributed by atoms with van der Waals surface area (Å²) in [6.45, 7) is 0. The zero-order valence-corrected chi connectivity index (χ0v) is 10.5. The minimum Gasteiger partial charge on any atom is -0.451 e. The van der Waals surface area contributed by atoms with Crippen LogP contribution in [0.3, 0.4) is 0 Å². The summed E-state index contributed by atoms with van der Waals surface area (Å²) in [5, 5.41) is 17.3. The summed E-state index contributed by atoms with van der Waals surface area (Å²) >= 11 is 11.3. The van der Waals surface area contributed by atoms with E-state index in [0.29, 0.717) is 0 Å². The predicted molar refractivity (Wildman–Crippen MR) is 65.2 cm³/mol. The van der Waals surface area contributed by atoms with Gasteiger partial charge in [0, 0.05) is 12.1 Å². The van der Waals surface area contributed by atoms with E-state index in [1.54, 1.807) is 0 Å². The first kappa shape index (κ1) is 13.4. The number of nitro groups is 1. The second-order valence-electron chi connectivity index (χ2n) is 3.30. The van der Waals surface area contributed by atoms with Gasteiger partial charge in [0.2, 0.25) is 0 Å². The molecular weight excluding hydrogens is 300 g/mol. The topological polar surface area (TPSA) is 78.2 Å². The van der Waals surface area contributed by atoms with E-state index in [-0.39, 0.29) is 27.5 Å². The summed E-state index contributed by atoms with van der Waals surface area (Å²) < 4.78 is 18.7. The zero-order chi connectivity index (χ0) is 14.0. The van der Waals surface area contributed by atoms with E-state index in [1.165, 1.54) is 6.07 Å². The van der Waals surface area contributed by atoms with Crippen LogP contribution in [0.25, 0.3) is 0 Å². The van der Waals surface area contributed by atoms with Crippen LogP contribution in [0.4, 0.5) is 10.1 Å². The quantitative estimate of drug-likeness (QED) is 0.639. The van der Waals surface area contributed by atoms with E-state index in [0.717, 1.165) is 18.2 Å². The Morgan fingerprint density at radius 3 is 2.58 bits per heavy atom. The third-order valence-electron chi connectivity index (χ3n) is 2.03. The van der Waals surface area contributed by atoms with Crippen LogP contribution in [0, 0.1) is 15.9 Å². The Morgan fingerprint density at radius 1 is 1.21 bits per heavy atom. The average molecular weight is 304 g/mol. The minimum absolute atomic E-state index is 0.00517. The third-order valence-corrected chi connectivity index (χ3v) is 2.48. The van der Waals surface area contributed by atoms with Crippen molar-refractivity contribution in [2.75, 3.05) is 0 Å². The molecule has 2 rings (SSSR count). The van der Waals surface area contributed by atoms with Gasteiger partial charge in [-0.25, -0.2) is 4.39 Å². The van der Waals surface area contributed by atoms with Crippen molar-refractivity contribution in [3.05, 3.63) is 50.5 Å². The van der Waals surface area contributed by atoms with Crippen LogP contribution in [0.5, 0.6) is 11.5 Å². The monoisotopic (exact) mass is 303 g/mol. The van der Waals surface area contributed by atoms with Gasteiger partial charge in [-0.3, -0.25) is 10.1 Å². The molecule has 2 aromatic rings. The molecule has 0 atom stereocenters. The van der Waals surface area contributed by atoms with Crippen LogP contribution < -0.4 is 4.74 Å². The number of aromatic nitrogens is 2. The summed E-state index contributed by atoms with van der Waals surface area (Å²) in [7, 11) is 0. The lowest BCUT2D eigenvalue weighted by Crippen LogP contribution is -1.94. The number of halogens is 3. The molecule has 98 valence electrons. The normalized spacial score (nSPS) is 10.3. The summed E-state index contributed by atoms with van der Waals surface area (Å²) in [5.74, 6) is -1.15. The number of hydrogen-bond acceptors (Lipinski definition) is 5.